The van der Waals surface area contributed by atoms with Gasteiger partial charge >= 0.3 is 0 Å². The Morgan fingerprint density at radius 3 is 2.67 bits per heavy atom. The van der Waals surface area contributed by atoms with Gasteiger partial charge in [0.15, 0.2) is 5.11 Å². The van der Waals surface area contributed by atoms with Crippen molar-refractivity contribution >= 4 is 17.3 Å². The highest BCUT2D eigenvalue weighted by atomic mass is 32.1. The van der Waals surface area contributed by atoms with Gasteiger partial charge in [-0.25, -0.2) is 0 Å². The predicted octanol–water partition coefficient (Wildman–Crippen LogP) is 2.85. The van der Waals surface area contributed by atoms with Crippen LogP contribution in [0, 0.1) is 5.92 Å². The van der Waals surface area contributed by atoms with E-state index in [0.29, 0.717) is 12.0 Å². The summed E-state index contributed by atoms with van der Waals surface area (Å²) in [6, 6.07) is 0.593. The van der Waals surface area contributed by atoms with Crippen molar-refractivity contribution in [2.24, 2.45) is 5.92 Å². The fourth-order valence-corrected chi connectivity index (χ4v) is 2.45. The molecule has 1 aliphatic rings. The van der Waals surface area contributed by atoms with E-state index in [1.54, 1.807) is 0 Å². The zero-order valence-corrected chi connectivity index (χ0v) is 12.7. The van der Waals surface area contributed by atoms with Crippen LogP contribution in [-0.2, 0) is 4.74 Å². The van der Waals surface area contributed by atoms with E-state index in [4.69, 9.17) is 17.0 Å². The lowest BCUT2D eigenvalue weighted by Gasteiger charge is -2.24. The molecule has 2 N–H and O–H groups in total. The molecular formula is C14H28N2OS. The standard InChI is InChI=1S/C14H28N2OS/c1-12(2)11-17-10-6-9-15-14(18)16-13-7-4-3-5-8-13/h12-13H,3-11H2,1-2H3,(H2,15,16,18). The Morgan fingerprint density at radius 1 is 1.28 bits per heavy atom. The molecule has 1 rings (SSSR count). The first-order valence-corrected chi connectivity index (χ1v) is 7.71. The molecule has 18 heavy (non-hydrogen) atoms. The molecule has 1 saturated carbocycles. The molecule has 0 radical (unpaired) electrons. The van der Waals surface area contributed by atoms with E-state index in [2.05, 4.69) is 24.5 Å². The van der Waals surface area contributed by atoms with Crippen molar-refractivity contribution in [3.8, 4) is 0 Å². The molecule has 0 spiro atoms. The quantitative estimate of drug-likeness (QED) is 0.551. The van der Waals surface area contributed by atoms with E-state index in [-0.39, 0.29) is 0 Å². The number of hydrogen-bond donors (Lipinski definition) is 2. The molecule has 0 aromatic rings. The number of hydrogen-bond acceptors (Lipinski definition) is 2. The molecule has 1 fully saturated rings. The van der Waals surface area contributed by atoms with Crippen molar-refractivity contribution in [3.05, 3.63) is 0 Å². The van der Waals surface area contributed by atoms with Gasteiger partial charge < -0.3 is 15.4 Å². The summed E-state index contributed by atoms with van der Waals surface area (Å²) in [6.07, 6.45) is 7.59. The van der Waals surface area contributed by atoms with Crippen LogP contribution in [0.4, 0.5) is 0 Å². The lowest BCUT2D eigenvalue weighted by atomic mass is 9.96. The van der Waals surface area contributed by atoms with Crippen LogP contribution in [0.1, 0.15) is 52.4 Å². The van der Waals surface area contributed by atoms with Gasteiger partial charge in [-0.3, -0.25) is 0 Å². The lowest BCUT2D eigenvalue weighted by molar-refractivity contribution is 0.108. The van der Waals surface area contributed by atoms with E-state index in [1.807, 2.05) is 0 Å². The molecule has 0 aliphatic heterocycles. The molecule has 0 amide bonds. The van der Waals surface area contributed by atoms with Crippen LogP contribution in [0.15, 0.2) is 0 Å². The van der Waals surface area contributed by atoms with E-state index in [9.17, 15) is 0 Å². The van der Waals surface area contributed by atoms with Gasteiger partial charge in [-0.1, -0.05) is 33.1 Å². The summed E-state index contributed by atoms with van der Waals surface area (Å²) < 4.78 is 5.52. The molecule has 0 unspecified atom stereocenters. The third-order valence-corrected chi connectivity index (χ3v) is 3.40. The van der Waals surface area contributed by atoms with Gasteiger partial charge in [0.25, 0.3) is 0 Å². The number of thiocarbonyl (C=S) groups is 1. The van der Waals surface area contributed by atoms with Gasteiger partial charge in [-0.2, -0.15) is 0 Å². The first-order valence-electron chi connectivity index (χ1n) is 7.30. The SMILES string of the molecule is CC(C)COCCCNC(=S)NC1CCCCC1. The molecule has 1 aliphatic carbocycles. The highest BCUT2D eigenvalue weighted by Crippen LogP contribution is 2.17. The van der Waals surface area contributed by atoms with Crippen LogP contribution >= 0.6 is 12.2 Å². The van der Waals surface area contributed by atoms with Crippen LogP contribution in [0.3, 0.4) is 0 Å². The first kappa shape index (κ1) is 15.7. The van der Waals surface area contributed by atoms with Crippen LogP contribution in [0.2, 0.25) is 0 Å². The summed E-state index contributed by atoms with van der Waals surface area (Å²) >= 11 is 5.29. The summed E-state index contributed by atoms with van der Waals surface area (Å²) in [7, 11) is 0. The monoisotopic (exact) mass is 272 g/mol. The summed E-state index contributed by atoms with van der Waals surface area (Å²) in [4.78, 5) is 0. The molecule has 0 aromatic heterocycles. The normalized spacial score (nSPS) is 16.8. The fraction of sp³-hybridized carbons (Fsp3) is 0.929. The van der Waals surface area contributed by atoms with Crippen molar-refractivity contribution in [1.29, 1.82) is 0 Å². The minimum Gasteiger partial charge on any atom is -0.381 e. The third-order valence-electron chi connectivity index (χ3n) is 3.14. The molecular weight excluding hydrogens is 244 g/mol. The Labute approximate surface area is 117 Å². The third kappa shape index (κ3) is 7.88. The molecule has 0 saturated heterocycles. The summed E-state index contributed by atoms with van der Waals surface area (Å²) in [5, 5.41) is 7.48. The minimum atomic E-state index is 0.593. The van der Waals surface area contributed by atoms with Crippen molar-refractivity contribution in [2.75, 3.05) is 19.8 Å². The molecule has 0 bridgehead atoms. The second-order valence-corrected chi connectivity index (χ2v) is 5.97. The molecule has 4 heteroatoms. The molecule has 0 atom stereocenters. The maximum atomic E-state index is 5.52. The average molecular weight is 272 g/mol. The highest BCUT2D eigenvalue weighted by Gasteiger charge is 2.13. The maximum Gasteiger partial charge on any atom is 0.166 e. The van der Waals surface area contributed by atoms with E-state index < -0.39 is 0 Å². The molecule has 3 nitrogen and oxygen atoms in total. The smallest absolute Gasteiger partial charge is 0.166 e. The minimum absolute atomic E-state index is 0.593. The second-order valence-electron chi connectivity index (χ2n) is 5.56. The largest absolute Gasteiger partial charge is 0.381 e. The topological polar surface area (TPSA) is 33.3 Å². The second kappa shape index (κ2) is 9.56. The Hall–Kier alpha value is -0.350. The van der Waals surface area contributed by atoms with Crippen LogP contribution < -0.4 is 10.6 Å². The van der Waals surface area contributed by atoms with Gasteiger partial charge in [0.05, 0.1) is 0 Å². The zero-order chi connectivity index (χ0) is 13.2. The Bertz CT molecular complexity index is 228. The van der Waals surface area contributed by atoms with Crippen molar-refractivity contribution in [1.82, 2.24) is 10.6 Å². The van der Waals surface area contributed by atoms with E-state index in [1.165, 1.54) is 32.1 Å². The molecule has 0 aromatic carbocycles. The van der Waals surface area contributed by atoms with E-state index >= 15 is 0 Å². The van der Waals surface area contributed by atoms with Crippen molar-refractivity contribution in [2.45, 2.75) is 58.4 Å². The first-order chi connectivity index (χ1) is 8.68. The number of rotatable bonds is 7. The summed E-state index contributed by atoms with van der Waals surface area (Å²) in [6.45, 7) is 6.90. The lowest BCUT2D eigenvalue weighted by Crippen LogP contribution is -2.43. The number of ether oxygens (including phenoxy) is 1. The van der Waals surface area contributed by atoms with Crippen LogP contribution in [-0.4, -0.2) is 30.9 Å². The highest BCUT2D eigenvalue weighted by molar-refractivity contribution is 7.80. The Morgan fingerprint density at radius 2 is 2.00 bits per heavy atom. The van der Waals surface area contributed by atoms with Gasteiger partial charge in [-0.15, -0.1) is 0 Å². The average Bonchev–Trinajstić information content (AvgIpc) is 2.34. The van der Waals surface area contributed by atoms with Gasteiger partial charge in [0.2, 0.25) is 0 Å². The van der Waals surface area contributed by atoms with Gasteiger partial charge in [-0.05, 0) is 37.4 Å². The Kier molecular flexibility index (Phi) is 8.34. The molecule has 106 valence electrons. The zero-order valence-electron chi connectivity index (χ0n) is 11.8. The Balaban J connectivity index is 1.93. The molecule has 0 heterocycles. The van der Waals surface area contributed by atoms with Crippen LogP contribution in [0.25, 0.3) is 0 Å². The van der Waals surface area contributed by atoms with Gasteiger partial charge in [0, 0.05) is 25.8 Å². The summed E-state index contributed by atoms with van der Waals surface area (Å²) in [5.74, 6) is 0.618. The maximum absolute atomic E-state index is 5.52. The fourth-order valence-electron chi connectivity index (χ4n) is 2.18. The van der Waals surface area contributed by atoms with Crippen LogP contribution in [0.5, 0.6) is 0 Å². The van der Waals surface area contributed by atoms with Crippen molar-refractivity contribution < 1.29 is 4.74 Å². The van der Waals surface area contributed by atoms with Crippen molar-refractivity contribution in [3.63, 3.8) is 0 Å². The predicted molar refractivity (Wildman–Crippen MR) is 80.9 cm³/mol. The van der Waals surface area contributed by atoms with Gasteiger partial charge in [0.1, 0.15) is 0 Å². The van der Waals surface area contributed by atoms with E-state index in [0.717, 1.165) is 31.3 Å². The summed E-state index contributed by atoms with van der Waals surface area (Å²) in [5.41, 5.74) is 0. The number of nitrogens with one attached hydrogen (secondary N) is 2.